The van der Waals surface area contributed by atoms with E-state index >= 15 is 0 Å². The van der Waals surface area contributed by atoms with Crippen LogP contribution in [0.5, 0.6) is 5.88 Å². The van der Waals surface area contributed by atoms with Crippen LogP contribution in [0.4, 0.5) is 10.9 Å². The van der Waals surface area contributed by atoms with E-state index in [0.29, 0.717) is 25.1 Å². The molecule has 1 saturated heterocycles. The Labute approximate surface area is 161 Å². The summed E-state index contributed by atoms with van der Waals surface area (Å²) in [5, 5.41) is 4.51. The first-order valence-electron chi connectivity index (χ1n) is 9.27. The molecular formula is C19H21N5O2S. The summed E-state index contributed by atoms with van der Waals surface area (Å²) < 4.78 is 12.8. The van der Waals surface area contributed by atoms with Gasteiger partial charge >= 0.3 is 0 Å². The molecule has 1 N–H and O–H groups in total. The van der Waals surface area contributed by atoms with Crippen LogP contribution in [0.2, 0.25) is 0 Å². The molecule has 0 amide bonds. The standard InChI is InChI=1S/C19H21N5O2S/c1-2-4-16-15(3-1)23-19(27-16)22-13-11-14(12-13)26-18-17(20-5-6-21-18)24-7-9-25-10-8-24/h1-6,13-14H,7-12H2,(H,22,23)/t13-,14-. The summed E-state index contributed by atoms with van der Waals surface area (Å²) in [6.45, 7) is 3.07. The minimum absolute atomic E-state index is 0.161. The molecule has 0 atom stereocenters. The van der Waals surface area contributed by atoms with Gasteiger partial charge in [-0.15, -0.1) is 0 Å². The molecule has 3 heterocycles. The zero-order valence-corrected chi connectivity index (χ0v) is 15.7. The van der Waals surface area contributed by atoms with Gasteiger partial charge in [0.2, 0.25) is 0 Å². The van der Waals surface area contributed by atoms with Crippen molar-refractivity contribution in [2.45, 2.75) is 25.0 Å². The molecule has 7 nitrogen and oxygen atoms in total. The van der Waals surface area contributed by atoms with Crippen molar-refractivity contribution >= 4 is 32.5 Å². The van der Waals surface area contributed by atoms with Gasteiger partial charge in [0.05, 0.1) is 23.4 Å². The Morgan fingerprint density at radius 3 is 2.78 bits per heavy atom. The Hall–Kier alpha value is -2.45. The Bertz CT molecular complexity index is 888. The Morgan fingerprint density at radius 1 is 1.11 bits per heavy atom. The van der Waals surface area contributed by atoms with Gasteiger partial charge in [-0.05, 0) is 12.1 Å². The third-order valence-electron chi connectivity index (χ3n) is 4.95. The molecule has 0 bridgehead atoms. The van der Waals surface area contributed by atoms with Crippen molar-refractivity contribution in [3.63, 3.8) is 0 Å². The minimum atomic E-state index is 0.161. The van der Waals surface area contributed by atoms with Crippen LogP contribution in [-0.4, -0.2) is 53.4 Å². The monoisotopic (exact) mass is 383 g/mol. The average molecular weight is 383 g/mol. The summed E-state index contributed by atoms with van der Waals surface area (Å²) in [7, 11) is 0. The maximum Gasteiger partial charge on any atom is 0.257 e. The molecule has 1 aromatic carbocycles. The number of rotatable bonds is 5. The van der Waals surface area contributed by atoms with Gasteiger partial charge in [0.25, 0.3) is 5.88 Å². The van der Waals surface area contributed by atoms with Gasteiger partial charge in [0, 0.05) is 44.4 Å². The van der Waals surface area contributed by atoms with Crippen LogP contribution in [0.3, 0.4) is 0 Å². The van der Waals surface area contributed by atoms with E-state index in [1.165, 1.54) is 4.70 Å². The van der Waals surface area contributed by atoms with Gasteiger partial charge in [-0.3, -0.25) is 0 Å². The summed E-state index contributed by atoms with van der Waals surface area (Å²) in [6, 6.07) is 8.60. The number of benzene rings is 1. The molecule has 2 aliphatic rings. The van der Waals surface area contributed by atoms with E-state index in [0.717, 1.165) is 42.4 Å². The van der Waals surface area contributed by atoms with Crippen LogP contribution in [0.1, 0.15) is 12.8 Å². The zero-order chi connectivity index (χ0) is 18.1. The highest BCUT2D eigenvalue weighted by atomic mass is 32.1. The van der Waals surface area contributed by atoms with Crippen molar-refractivity contribution in [3.8, 4) is 5.88 Å². The zero-order valence-electron chi connectivity index (χ0n) is 14.9. The van der Waals surface area contributed by atoms with Crippen molar-refractivity contribution < 1.29 is 9.47 Å². The van der Waals surface area contributed by atoms with Crippen molar-refractivity contribution in [3.05, 3.63) is 36.7 Å². The molecule has 1 saturated carbocycles. The molecule has 5 rings (SSSR count). The molecule has 27 heavy (non-hydrogen) atoms. The molecule has 1 aliphatic carbocycles. The summed E-state index contributed by atoms with van der Waals surface area (Å²) in [4.78, 5) is 15.7. The summed E-state index contributed by atoms with van der Waals surface area (Å²) in [5.41, 5.74) is 1.05. The number of hydrogen-bond donors (Lipinski definition) is 1. The van der Waals surface area contributed by atoms with Crippen LogP contribution in [-0.2, 0) is 4.74 Å². The van der Waals surface area contributed by atoms with E-state index < -0.39 is 0 Å². The van der Waals surface area contributed by atoms with Crippen molar-refractivity contribution in [2.24, 2.45) is 0 Å². The predicted molar refractivity (Wildman–Crippen MR) is 106 cm³/mol. The Kier molecular flexibility index (Phi) is 4.51. The van der Waals surface area contributed by atoms with Gasteiger partial charge in [-0.25, -0.2) is 15.0 Å². The van der Waals surface area contributed by atoms with E-state index in [1.54, 1.807) is 23.7 Å². The molecule has 140 valence electrons. The first kappa shape index (κ1) is 16.7. The Balaban J connectivity index is 1.19. The van der Waals surface area contributed by atoms with Gasteiger partial charge in [-0.2, -0.15) is 0 Å². The van der Waals surface area contributed by atoms with Crippen LogP contribution in [0.25, 0.3) is 10.2 Å². The quantitative estimate of drug-likeness (QED) is 0.726. The van der Waals surface area contributed by atoms with Gasteiger partial charge in [0.1, 0.15) is 6.10 Å². The maximum atomic E-state index is 6.15. The number of nitrogens with zero attached hydrogens (tertiary/aromatic N) is 4. The molecule has 8 heteroatoms. The summed E-state index contributed by atoms with van der Waals surface area (Å²) in [5.74, 6) is 1.45. The third kappa shape index (κ3) is 3.54. The maximum absolute atomic E-state index is 6.15. The highest BCUT2D eigenvalue weighted by Crippen LogP contribution is 2.33. The lowest BCUT2D eigenvalue weighted by Crippen LogP contribution is -2.43. The third-order valence-corrected chi connectivity index (χ3v) is 5.92. The molecular weight excluding hydrogens is 362 g/mol. The number of para-hydroxylation sites is 1. The number of aromatic nitrogens is 3. The minimum Gasteiger partial charge on any atom is -0.472 e. The number of hydrogen-bond acceptors (Lipinski definition) is 8. The second-order valence-corrected chi connectivity index (χ2v) is 7.85. The lowest BCUT2D eigenvalue weighted by Gasteiger charge is -2.36. The lowest BCUT2D eigenvalue weighted by atomic mass is 9.89. The predicted octanol–water partition coefficient (Wildman–Crippen LogP) is 2.94. The number of thiazole rings is 1. The van der Waals surface area contributed by atoms with Crippen molar-refractivity contribution in [2.75, 3.05) is 36.5 Å². The van der Waals surface area contributed by atoms with Gasteiger partial charge in [0.15, 0.2) is 10.9 Å². The second-order valence-electron chi connectivity index (χ2n) is 6.82. The van der Waals surface area contributed by atoms with E-state index in [2.05, 4.69) is 31.2 Å². The van der Waals surface area contributed by atoms with E-state index in [-0.39, 0.29) is 6.10 Å². The van der Waals surface area contributed by atoms with Crippen LogP contribution in [0, 0.1) is 0 Å². The second kappa shape index (κ2) is 7.28. The normalized spacial score (nSPS) is 22.4. The van der Waals surface area contributed by atoms with E-state index in [4.69, 9.17) is 9.47 Å². The SMILES string of the molecule is c1ccc2sc(N[C@H]3C[C@H](Oc4nccnc4N4CCOCC4)C3)nc2c1. The first-order chi connectivity index (χ1) is 13.3. The highest BCUT2D eigenvalue weighted by Gasteiger charge is 2.33. The van der Waals surface area contributed by atoms with Crippen molar-refractivity contribution in [1.29, 1.82) is 0 Å². The topological polar surface area (TPSA) is 72.4 Å². The molecule has 2 aromatic heterocycles. The molecule has 0 radical (unpaired) electrons. The van der Waals surface area contributed by atoms with Crippen LogP contribution < -0.4 is 15.0 Å². The molecule has 0 unspecified atom stereocenters. The fourth-order valence-corrected chi connectivity index (χ4v) is 4.38. The van der Waals surface area contributed by atoms with Crippen molar-refractivity contribution in [1.82, 2.24) is 15.0 Å². The molecule has 0 spiro atoms. The van der Waals surface area contributed by atoms with E-state index in [9.17, 15) is 0 Å². The number of morpholine rings is 1. The van der Waals surface area contributed by atoms with Gasteiger partial charge < -0.3 is 19.7 Å². The summed E-state index contributed by atoms with van der Waals surface area (Å²) >= 11 is 1.70. The average Bonchev–Trinajstić information content (AvgIpc) is 3.10. The van der Waals surface area contributed by atoms with E-state index in [1.807, 2.05) is 18.2 Å². The summed E-state index contributed by atoms with van der Waals surface area (Å²) in [6.07, 6.45) is 5.45. The smallest absolute Gasteiger partial charge is 0.257 e. The number of fused-ring (bicyclic) bond motifs is 1. The first-order valence-corrected chi connectivity index (χ1v) is 10.1. The fourth-order valence-electron chi connectivity index (χ4n) is 3.44. The van der Waals surface area contributed by atoms with Crippen LogP contribution in [0.15, 0.2) is 36.7 Å². The number of ether oxygens (including phenoxy) is 2. The molecule has 3 aromatic rings. The lowest BCUT2D eigenvalue weighted by molar-refractivity contribution is 0.100. The van der Waals surface area contributed by atoms with Gasteiger partial charge in [-0.1, -0.05) is 23.5 Å². The fraction of sp³-hybridized carbons (Fsp3) is 0.421. The molecule has 1 aliphatic heterocycles. The number of nitrogens with one attached hydrogen (secondary N) is 1. The largest absolute Gasteiger partial charge is 0.472 e. The number of anilines is 2. The van der Waals surface area contributed by atoms with Crippen LogP contribution >= 0.6 is 11.3 Å². The molecule has 2 fully saturated rings. The highest BCUT2D eigenvalue weighted by molar-refractivity contribution is 7.22. The Morgan fingerprint density at radius 2 is 1.93 bits per heavy atom.